The predicted molar refractivity (Wildman–Crippen MR) is 68.9 cm³/mol. The monoisotopic (exact) mass is 302 g/mol. The number of aromatic nitrogens is 2. The van der Waals surface area contributed by atoms with Crippen LogP contribution in [0.1, 0.15) is 20.8 Å². The van der Waals surface area contributed by atoms with E-state index in [-0.39, 0.29) is 22.0 Å². The number of H-pyrrole nitrogens is 1. The number of hydrogen-bond acceptors (Lipinski definition) is 4. The van der Waals surface area contributed by atoms with Crippen molar-refractivity contribution in [3.8, 4) is 0 Å². The third-order valence-electron chi connectivity index (χ3n) is 1.97. The maximum Gasteiger partial charge on any atom is 0.267 e. The van der Waals surface area contributed by atoms with Crippen molar-refractivity contribution in [1.29, 1.82) is 0 Å². The van der Waals surface area contributed by atoms with Crippen molar-refractivity contribution in [3.63, 3.8) is 0 Å². The summed E-state index contributed by atoms with van der Waals surface area (Å²) in [7, 11) is 0. The van der Waals surface area contributed by atoms with Crippen LogP contribution in [-0.4, -0.2) is 28.0 Å². The molecule has 1 amide bonds. The van der Waals surface area contributed by atoms with Gasteiger partial charge in [-0.1, -0.05) is 0 Å². The number of nitrogens with one attached hydrogen (secondary N) is 3. The molecule has 0 fully saturated rings. The molecule has 1 aromatic heterocycles. The number of halogens is 1. The summed E-state index contributed by atoms with van der Waals surface area (Å²) >= 11 is 3.11. The van der Waals surface area contributed by atoms with E-state index in [1.165, 1.54) is 6.33 Å². The number of rotatable bonds is 4. The molecule has 3 N–H and O–H groups in total. The van der Waals surface area contributed by atoms with Crippen LogP contribution in [0.3, 0.4) is 0 Å². The van der Waals surface area contributed by atoms with Crippen LogP contribution in [0.15, 0.2) is 15.6 Å². The first-order valence-corrected chi connectivity index (χ1v) is 6.01. The number of nitrogens with zero attached hydrogens (tertiary/aromatic N) is 1. The number of aromatic amines is 1. The van der Waals surface area contributed by atoms with Crippen LogP contribution >= 0.6 is 15.9 Å². The molecule has 1 aromatic rings. The van der Waals surface area contributed by atoms with Crippen molar-refractivity contribution in [2.45, 2.75) is 32.9 Å². The molecule has 0 radical (unpaired) electrons. The van der Waals surface area contributed by atoms with E-state index in [0.717, 1.165) is 0 Å². The van der Waals surface area contributed by atoms with Gasteiger partial charge in [-0.3, -0.25) is 9.59 Å². The smallest absolute Gasteiger partial charge is 0.267 e. The summed E-state index contributed by atoms with van der Waals surface area (Å²) in [6.45, 7) is 5.46. The first-order chi connectivity index (χ1) is 7.91. The van der Waals surface area contributed by atoms with Gasteiger partial charge < -0.3 is 15.6 Å². The minimum atomic E-state index is -0.469. The zero-order valence-electron chi connectivity index (χ0n) is 9.87. The van der Waals surface area contributed by atoms with Crippen LogP contribution in [-0.2, 0) is 4.79 Å². The van der Waals surface area contributed by atoms with Crippen LogP contribution < -0.4 is 16.2 Å². The van der Waals surface area contributed by atoms with E-state index in [0.29, 0.717) is 5.82 Å². The highest BCUT2D eigenvalue weighted by molar-refractivity contribution is 9.10. The number of carbonyl (C=O) groups excluding carboxylic acids is 1. The van der Waals surface area contributed by atoms with Crippen molar-refractivity contribution in [1.82, 2.24) is 15.3 Å². The molecule has 94 valence electrons. The third kappa shape index (κ3) is 3.85. The average Bonchev–Trinajstić information content (AvgIpc) is 2.23. The van der Waals surface area contributed by atoms with Crippen molar-refractivity contribution >= 4 is 27.7 Å². The zero-order chi connectivity index (χ0) is 13.0. The molecule has 0 saturated heterocycles. The Morgan fingerprint density at radius 2 is 2.12 bits per heavy atom. The Bertz CT molecular complexity index is 458. The number of anilines is 1. The maximum absolute atomic E-state index is 11.7. The molecule has 1 heterocycles. The van der Waals surface area contributed by atoms with E-state index in [1.54, 1.807) is 6.92 Å². The van der Waals surface area contributed by atoms with Gasteiger partial charge in [0.1, 0.15) is 16.3 Å². The van der Waals surface area contributed by atoms with E-state index in [1.807, 2.05) is 13.8 Å². The lowest BCUT2D eigenvalue weighted by Gasteiger charge is -2.16. The summed E-state index contributed by atoms with van der Waals surface area (Å²) in [6.07, 6.45) is 1.28. The largest absolute Gasteiger partial charge is 0.357 e. The standard InChI is InChI=1S/C10H15BrN4O2/c1-5(2)14-9(16)6(3)15-8-7(11)10(17)13-4-12-8/h4-6H,1-3H3,(H,14,16)(H2,12,13,15,17). The highest BCUT2D eigenvalue weighted by Gasteiger charge is 2.15. The van der Waals surface area contributed by atoms with Gasteiger partial charge in [0.25, 0.3) is 5.56 Å². The van der Waals surface area contributed by atoms with Gasteiger partial charge in [-0.05, 0) is 36.7 Å². The number of hydrogen-bond donors (Lipinski definition) is 3. The predicted octanol–water partition coefficient (Wildman–Crippen LogP) is 0.857. The second-order valence-electron chi connectivity index (χ2n) is 3.92. The fourth-order valence-electron chi connectivity index (χ4n) is 1.16. The van der Waals surface area contributed by atoms with Crippen LogP contribution in [0.5, 0.6) is 0 Å². The maximum atomic E-state index is 11.7. The highest BCUT2D eigenvalue weighted by Crippen LogP contribution is 2.14. The van der Waals surface area contributed by atoms with E-state index < -0.39 is 6.04 Å². The third-order valence-corrected chi connectivity index (χ3v) is 2.71. The van der Waals surface area contributed by atoms with Gasteiger partial charge in [-0.2, -0.15) is 0 Å². The molecule has 0 saturated carbocycles. The van der Waals surface area contributed by atoms with Crippen molar-refractivity contribution in [2.75, 3.05) is 5.32 Å². The Kier molecular flexibility index (Phi) is 4.68. The number of amides is 1. The lowest BCUT2D eigenvalue weighted by Crippen LogP contribution is -2.41. The Hall–Kier alpha value is -1.37. The Balaban J connectivity index is 2.74. The molecular weight excluding hydrogens is 288 g/mol. The zero-order valence-corrected chi connectivity index (χ0v) is 11.5. The van der Waals surface area contributed by atoms with E-state index in [2.05, 4.69) is 36.5 Å². The minimum Gasteiger partial charge on any atom is -0.357 e. The highest BCUT2D eigenvalue weighted by atomic mass is 79.9. The fraction of sp³-hybridized carbons (Fsp3) is 0.500. The van der Waals surface area contributed by atoms with Crippen LogP contribution in [0.4, 0.5) is 5.82 Å². The molecule has 1 unspecified atom stereocenters. The van der Waals surface area contributed by atoms with E-state index >= 15 is 0 Å². The van der Waals surface area contributed by atoms with Crippen molar-refractivity contribution in [3.05, 3.63) is 21.2 Å². The first kappa shape index (κ1) is 13.7. The lowest BCUT2D eigenvalue weighted by atomic mass is 10.3. The summed E-state index contributed by atoms with van der Waals surface area (Å²) in [6, 6.07) is -0.398. The molecule has 17 heavy (non-hydrogen) atoms. The van der Waals surface area contributed by atoms with E-state index in [4.69, 9.17) is 0 Å². The van der Waals surface area contributed by atoms with Gasteiger partial charge in [0.2, 0.25) is 5.91 Å². The summed E-state index contributed by atoms with van der Waals surface area (Å²) in [4.78, 5) is 29.3. The van der Waals surface area contributed by atoms with E-state index in [9.17, 15) is 9.59 Å². The van der Waals surface area contributed by atoms with Crippen molar-refractivity contribution in [2.24, 2.45) is 0 Å². The Morgan fingerprint density at radius 1 is 1.47 bits per heavy atom. The SMILES string of the molecule is CC(C)NC(=O)C(C)Nc1nc[nH]c(=O)c1Br. The minimum absolute atomic E-state index is 0.0716. The summed E-state index contributed by atoms with van der Waals surface area (Å²) in [5.74, 6) is 0.203. The molecule has 0 bridgehead atoms. The van der Waals surface area contributed by atoms with Gasteiger partial charge in [-0.15, -0.1) is 0 Å². The summed E-state index contributed by atoms with van der Waals surface area (Å²) in [5.41, 5.74) is -0.293. The number of carbonyl (C=O) groups is 1. The molecule has 6 nitrogen and oxygen atoms in total. The van der Waals surface area contributed by atoms with Gasteiger partial charge in [-0.25, -0.2) is 4.98 Å². The molecular formula is C10H15BrN4O2. The molecule has 0 aromatic carbocycles. The molecule has 1 atom stereocenters. The Morgan fingerprint density at radius 3 is 2.71 bits per heavy atom. The molecule has 0 aliphatic rings. The second-order valence-corrected chi connectivity index (χ2v) is 4.72. The molecule has 0 aliphatic carbocycles. The summed E-state index contributed by atoms with van der Waals surface area (Å²) in [5, 5.41) is 5.63. The summed E-state index contributed by atoms with van der Waals surface area (Å²) < 4.78 is 0.282. The lowest BCUT2D eigenvalue weighted by molar-refractivity contribution is -0.122. The second kappa shape index (κ2) is 5.81. The van der Waals surface area contributed by atoms with Gasteiger partial charge in [0.15, 0.2) is 0 Å². The normalized spacial score (nSPS) is 12.3. The van der Waals surface area contributed by atoms with Crippen LogP contribution in [0.25, 0.3) is 0 Å². The fourth-order valence-corrected chi connectivity index (χ4v) is 1.50. The van der Waals surface area contributed by atoms with Crippen molar-refractivity contribution < 1.29 is 4.79 Å². The average molecular weight is 303 g/mol. The molecule has 0 spiro atoms. The van der Waals surface area contributed by atoms with Crippen LogP contribution in [0, 0.1) is 0 Å². The van der Waals surface area contributed by atoms with Crippen LogP contribution in [0.2, 0.25) is 0 Å². The topological polar surface area (TPSA) is 86.9 Å². The quantitative estimate of drug-likeness (QED) is 0.770. The van der Waals surface area contributed by atoms with Gasteiger partial charge in [0.05, 0.1) is 6.33 Å². The van der Waals surface area contributed by atoms with Gasteiger partial charge >= 0.3 is 0 Å². The Labute approximate surface area is 107 Å². The molecule has 1 rings (SSSR count). The molecule has 7 heteroatoms. The van der Waals surface area contributed by atoms with Gasteiger partial charge in [0, 0.05) is 6.04 Å². The first-order valence-electron chi connectivity index (χ1n) is 5.22. The molecule has 0 aliphatic heterocycles.